The highest BCUT2D eigenvalue weighted by atomic mass is 19.2. The molecule has 3 rings (SSSR count). The molecule has 24 heavy (non-hydrogen) atoms. The van der Waals surface area contributed by atoms with Gasteiger partial charge >= 0.3 is 6.03 Å². The summed E-state index contributed by atoms with van der Waals surface area (Å²) in [6.07, 6.45) is 5.23. The summed E-state index contributed by atoms with van der Waals surface area (Å²) in [5.74, 6) is -1.97. The first-order valence-electron chi connectivity index (χ1n) is 7.19. The van der Waals surface area contributed by atoms with Crippen molar-refractivity contribution in [1.82, 2.24) is 14.9 Å². The third kappa shape index (κ3) is 3.75. The van der Waals surface area contributed by atoms with Crippen LogP contribution in [0.4, 0.5) is 19.3 Å². The zero-order valence-corrected chi connectivity index (χ0v) is 12.5. The molecular formula is C17H14F2N4O. The fraction of sp³-hybridized carbons (Fsp3) is 0.0588. The number of carbonyl (C=O) groups excluding carboxylic acids is 1. The second-order valence-electron chi connectivity index (χ2n) is 5.07. The van der Waals surface area contributed by atoms with Gasteiger partial charge in [0, 0.05) is 36.4 Å². The Balaban J connectivity index is 1.55. The predicted octanol–water partition coefficient (Wildman–Crippen LogP) is 3.47. The summed E-state index contributed by atoms with van der Waals surface area (Å²) in [6.45, 7) is 0.305. The van der Waals surface area contributed by atoms with Crippen LogP contribution in [0.15, 0.2) is 61.2 Å². The number of anilines is 1. The van der Waals surface area contributed by atoms with Crippen LogP contribution >= 0.6 is 0 Å². The van der Waals surface area contributed by atoms with Crippen LogP contribution in [-0.4, -0.2) is 15.6 Å². The van der Waals surface area contributed by atoms with Crippen molar-refractivity contribution in [2.45, 2.75) is 6.54 Å². The van der Waals surface area contributed by atoms with Crippen LogP contribution in [0.25, 0.3) is 5.69 Å². The van der Waals surface area contributed by atoms with E-state index in [0.29, 0.717) is 6.54 Å². The summed E-state index contributed by atoms with van der Waals surface area (Å²) >= 11 is 0. The van der Waals surface area contributed by atoms with Crippen molar-refractivity contribution in [2.75, 3.05) is 5.32 Å². The number of aromatic nitrogens is 2. The molecule has 3 aromatic rings. The lowest BCUT2D eigenvalue weighted by Crippen LogP contribution is -2.28. The van der Waals surface area contributed by atoms with E-state index < -0.39 is 17.7 Å². The monoisotopic (exact) mass is 328 g/mol. The van der Waals surface area contributed by atoms with Crippen molar-refractivity contribution in [3.63, 3.8) is 0 Å². The number of imidazole rings is 1. The van der Waals surface area contributed by atoms with Crippen molar-refractivity contribution in [2.24, 2.45) is 0 Å². The van der Waals surface area contributed by atoms with Gasteiger partial charge in [0.2, 0.25) is 0 Å². The molecule has 2 N–H and O–H groups in total. The van der Waals surface area contributed by atoms with Gasteiger partial charge in [-0.05, 0) is 29.8 Å². The summed E-state index contributed by atoms with van der Waals surface area (Å²) in [4.78, 5) is 15.8. The molecule has 0 saturated heterocycles. The Morgan fingerprint density at radius 3 is 2.54 bits per heavy atom. The topological polar surface area (TPSA) is 59.0 Å². The Kier molecular flexibility index (Phi) is 4.51. The van der Waals surface area contributed by atoms with Gasteiger partial charge in [-0.1, -0.05) is 12.1 Å². The van der Waals surface area contributed by atoms with Crippen LogP contribution in [0.2, 0.25) is 0 Å². The van der Waals surface area contributed by atoms with Crippen molar-refractivity contribution >= 4 is 11.7 Å². The van der Waals surface area contributed by atoms with Gasteiger partial charge in [-0.3, -0.25) is 0 Å². The molecule has 0 fully saturated rings. The Labute approximate surface area is 137 Å². The van der Waals surface area contributed by atoms with Gasteiger partial charge in [-0.15, -0.1) is 0 Å². The van der Waals surface area contributed by atoms with Crippen molar-refractivity contribution in [3.05, 3.63) is 78.4 Å². The van der Waals surface area contributed by atoms with E-state index in [1.165, 1.54) is 6.07 Å². The summed E-state index contributed by atoms with van der Waals surface area (Å²) in [7, 11) is 0. The van der Waals surface area contributed by atoms with Crippen LogP contribution in [0.5, 0.6) is 0 Å². The highest BCUT2D eigenvalue weighted by Crippen LogP contribution is 2.13. The zero-order valence-electron chi connectivity index (χ0n) is 12.5. The molecule has 0 atom stereocenters. The lowest BCUT2D eigenvalue weighted by molar-refractivity contribution is 0.251. The minimum absolute atomic E-state index is 0.182. The summed E-state index contributed by atoms with van der Waals surface area (Å²) < 4.78 is 27.8. The number of nitrogens with zero attached hydrogens (tertiary/aromatic N) is 2. The van der Waals surface area contributed by atoms with Gasteiger partial charge < -0.3 is 15.2 Å². The maximum atomic E-state index is 13.1. The first-order valence-corrected chi connectivity index (χ1v) is 7.19. The smallest absolute Gasteiger partial charge is 0.319 e. The number of halogens is 2. The normalized spacial score (nSPS) is 10.4. The highest BCUT2D eigenvalue weighted by molar-refractivity contribution is 5.89. The Bertz CT molecular complexity index is 832. The number of hydrogen-bond donors (Lipinski definition) is 2. The Morgan fingerprint density at radius 2 is 1.88 bits per heavy atom. The van der Waals surface area contributed by atoms with E-state index in [1.807, 2.05) is 35.0 Å². The molecule has 0 radical (unpaired) electrons. The molecule has 122 valence electrons. The van der Waals surface area contributed by atoms with E-state index in [2.05, 4.69) is 15.6 Å². The van der Waals surface area contributed by atoms with Gasteiger partial charge in [-0.25, -0.2) is 18.6 Å². The third-order valence-electron chi connectivity index (χ3n) is 3.37. The molecule has 2 aromatic carbocycles. The summed E-state index contributed by atoms with van der Waals surface area (Å²) in [5, 5.41) is 5.10. The van der Waals surface area contributed by atoms with Gasteiger partial charge in [-0.2, -0.15) is 0 Å². The molecule has 5 nitrogen and oxygen atoms in total. The molecule has 1 heterocycles. The molecule has 0 aliphatic heterocycles. The third-order valence-corrected chi connectivity index (χ3v) is 3.37. The first-order chi connectivity index (χ1) is 11.6. The number of carbonyl (C=O) groups is 1. The molecule has 0 unspecified atom stereocenters. The average molecular weight is 328 g/mol. The Hall–Kier alpha value is -3.22. The number of amides is 2. The number of hydrogen-bond acceptors (Lipinski definition) is 2. The minimum Gasteiger partial charge on any atom is -0.334 e. The van der Waals surface area contributed by atoms with Crippen LogP contribution in [-0.2, 0) is 6.54 Å². The van der Waals surface area contributed by atoms with Gasteiger partial charge in [0.25, 0.3) is 0 Å². The minimum atomic E-state index is -1.01. The number of nitrogens with one attached hydrogen (secondary N) is 2. The molecule has 0 aliphatic rings. The summed E-state index contributed by atoms with van der Waals surface area (Å²) in [6, 6.07) is 10.3. The highest BCUT2D eigenvalue weighted by Gasteiger charge is 2.06. The summed E-state index contributed by atoms with van der Waals surface area (Å²) in [5.41, 5.74) is 2.05. The molecular weight excluding hydrogens is 314 g/mol. The SMILES string of the molecule is O=C(NCc1ccc(-n2ccnc2)cc1)Nc1ccc(F)c(F)c1. The molecule has 1 aromatic heterocycles. The molecule has 0 aliphatic carbocycles. The second-order valence-corrected chi connectivity index (χ2v) is 5.07. The van der Waals surface area contributed by atoms with E-state index in [-0.39, 0.29) is 5.69 Å². The van der Waals surface area contributed by atoms with Crippen molar-refractivity contribution in [1.29, 1.82) is 0 Å². The van der Waals surface area contributed by atoms with E-state index >= 15 is 0 Å². The van der Waals surface area contributed by atoms with Crippen LogP contribution < -0.4 is 10.6 Å². The van der Waals surface area contributed by atoms with Crippen molar-refractivity contribution < 1.29 is 13.6 Å². The van der Waals surface area contributed by atoms with E-state index in [9.17, 15) is 13.6 Å². The number of rotatable bonds is 4. The van der Waals surface area contributed by atoms with E-state index in [1.54, 1.807) is 12.5 Å². The van der Waals surface area contributed by atoms with Gasteiger partial charge in [0.15, 0.2) is 11.6 Å². The standard InChI is InChI=1S/C17H14F2N4O/c18-15-6-3-13(9-16(15)19)22-17(24)21-10-12-1-4-14(5-2-12)23-8-7-20-11-23/h1-9,11H,10H2,(H2,21,22,24). The van der Waals surface area contributed by atoms with Gasteiger partial charge in [0.05, 0.1) is 6.33 Å². The van der Waals surface area contributed by atoms with Crippen LogP contribution in [0, 0.1) is 11.6 Å². The van der Waals surface area contributed by atoms with Crippen LogP contribution in [0.3, 0.4) is 0 Å². The molecule has 2 amide bonds. The molecule has 0 saturated carbocycles. The molecule has 7 heteroatoms. The quantitative estimate of drug-likeness (QED) is 0.770. The Morgan fingerprint density at radius 1 is 1.08 bits per heavy atom. The fourth-order valence-electron chi connectivity index (χ4n) is 2.13. The number of benzene rings is 2. The fourth-order valence-corrected chi connectivity index (χ4v) is 2.13. The first kappa shape index (κ1) is 15.7. The van der Waals surface area contributed by atoms with E-state index in [0.717, 1.165) is 23.4 Å². The largest absolute Gasteiger partial charge is 0.334 e. The lowest BCUT2D eigenvalue weighted by Gasteiger charge is -2.09. The molecule has 0 spiro atoms. The van der Waals surface area contributed by atoms with E-state index in [4.69, 9.17) is 0 Å². The van der Waals surface area contributed by atoms with Crippen molar-refractivity contribution in [3.8, 4) is 5.69 Å². The average Bonchev–Trinajstić information content (AvgIpc) is 3.11. The molecule has 0 bridgehead atoms. The zero-order chi connectivity index (χ0) is 16.9. The second kappa shape index (κ2) is 6.91. The number of urea groups is 1. The van der Waals surface area contributed by atoms with Gasteiger partial charge in [0.1, 0.15) is 0 Å². The maximum Gasteiger partial charge on any atom is 0.319 e. The predicted molar refractivity (Wildman–Crippen MR) is 85.8 cm³/mol. The lowest BCUT2D eigenvalue weighted by atomic mass is 10.2. The maximum absolute atomic E-state index is 13.1. The van der Waals surface area contributed by atoms with Crippen LogP contribution in [0.1, 0.15) is 5.56 Å².